The Morgan fingerprint density at radius 1 is 1.35 bits per heavy atom. The van der Waals surface area contributed by atoms with Crippen LogP contribution < -0.4 is 5.32 Å². The van der Waals surface area contributed by atoms with Crippen LogP contribution in [0.5, 0.6) is 0 Å². The maximum Gasteiger partial charge on any atom is 0.249 e. The first-order chi connectivity index (χ1) is 9.83. The molecule has 2 heterocycles. The van der Waals surface area contributed by atoms with Crippen LogP contribution in [0.4, 0.5) is 0 Å². The summed E-state index contributed by atoms with van der Waals surface area (Å²) in [6.07, 6.45) is 1.35. The predicted molar refractivity (Wildman–Crippen MR) is 70.6 cm³/mol. The Morgan fingerprint density at radius 3 is 2.95 bits per heavy atom. The van der Waals surface area contributed by atoms with Gasteiger partial charge in [-0.15, -0.1) is 0 Å². The van der Waals surface area contributed by atoms with E-state index in [2.05, 4.69) is 15.5 Å². The van der Waals surface area contributed by atoms with Crippen molar-refractivity contribution in [3.05, 3.63) is 36.2 Å². The lowest BCUT2D eigenvalue weighted by Gasteiger charge is -2.07. The molecular weight excluding hydrogens is 258 g/mol. The number of ether oxygens (including phenoxy) is 1. The molecule has 0 spiro atoms. The van der Waals surface area contributed by atoms with Crippen molar-refractivity contribution in [1.29, 1.82) is 0 Å². The van der Waals surface area contributed by atoms with Crippen LogP contribution >= 0.6 is 0 Å². The molecule has 6 heteroatoms. The van der Waals surface area contributed by atoms with E-state index < -0.39 is 0 Å². The van der Waals surface area contributed by atoms with E-state index in [1.54, 1.807) is 0 Å². The highest BCUT2D eigenvalue weighted by atomic mass is 16.5. The molecule has 1 saturated heterocycles. The molecule has 0 bridgehead atoms. The molecule has 0 radical (unpaired) electrons. The number of nitrogens with zero attached hydrogens (tertiary/aromatic N) is 2. The van der Waals surface area contributed by atoms with Crippen LogP contribution in [0.2, 0.25) is 0 Å². The topological polar surface area (TPSA) is 77.3 Å². The van der Waals surface area contributed by atoms with Gasteiger partial charge in [-0.05, 0) is 12.8 Å². The van der Waals surface area contributed by atoms with Gasteiger partial charge >= 0.3 is 0 Å². The normalized spacial score (nSPS) is 18.1. The minimum absolute atomic E-state index is 0.123. The average Bonchev–Trinajstić information content (AvgIpc) is 3.17. The average molecular weight is 273 g/mol. The standard InChI is InChI=1S/C14H15N3O3/c18-14(11-7-4-8-19-11)15-9-12-16-13(17-20-12)10-5-2-1-3-6-10/h1-3,5-6,11H,4,7-9H2,(H,15,18). The number of aromatic nitrogens is 2. The zero-order chi connectivity index (χ0) is 13.8. The third-order valence-corrected chi connectivity index (χ3v) is 3.14. The van der Waals surface area contributed by atoms with Gasteiger partial charge in [-0.2, -0.15) is 4.98 Å². The first-order valence-corrected chi connectivity index (χ1v) is 6.60. The Hall–Kier alpha value is -2.21. The van der Waals surface area contributed by atoms with Crippen LogP contribution in [-0.2, 0) is 16.1 Å². The molecule has 1 atom stereocenters. The van der Waals surface area contributed by atoms with E-state index in [0.29, 0.717) is 18.3 Å². The second-order valence-electron chi connectivity index (χ2n) is 4.60. The second-order valence-corrected chi connectivity index (χ2v) is 4.60. The molecular formula is C14H15N3O3. The number of amides is 1. The summed E-state index contributed by atoms with van der Waals surface area (Å²) < 4.78 is 10.4. The van der Waals surface area contributed by atoms with E-state index in [-0.39, 0.29) is 18.6 Å². The number of rotatable bonds is 4. The van der Waals surface area contributed by atoms with Gasteiger partial charge < -0.3 is 14.6 Å². The van der Waals surface area contributed by atoms with Crippen molar-refractivity contribution in [2.45, 2.75) is 25.5 Å². The summed E-state index contributed by atoms with van der Waals surface area (Å²) in [5.74, 6) is 0.782. The Kier molecular flexibility index (Phi) is 3.73. The highest BCUT2D eigenvalue weighted by molar-refractivity contribution is 5.80. The van der Waals surface area contributed by atoms with Crippen LogP contribution in [0, 0.1) is 0 Å². The molecule has 1 aromatic heterocycles. The van der Waals surface area contributed by atoms with Crippen molar-refractivity contribution < 1.29 is 14.1 Å². The molecule has 2 aromatic rings. The van der Waals surface area contributed by atoms with Crippen molar-refractivity contribution in [3.8, 4) is 11.4 Å². The predicted octanol–water partition coefficient (Wildman–Crippen LogP) is 1.53. The van der Waals surface area contributed by atoms with E-state index in [1.165, 1.54) is 0 Å². The minimum atomic E-state index is -0.341. The summed E-state index contributed by atoms with van der Waals surface area (Å²) in [5, 5.41) is 6.64. The fourth-order valence-electron chi connectivity index (χ4n) is 2.09. The number of carbonyl (C=O) groups is 1. The maximum atomic E-state index is 11.8. The van der Waals surface area contributed by atoms with Crippen LogP contribution in [0.15, 0.2) is 34.9 Å². The molecule has 1 unspecified atom stereocenters. The number of carbonyl (C=O) groups excluding carboxylic acids is 1. The fraction of sp³-hybridized carbons (Fsp3) is 0.357. The molecule has 1 aromatic carbocycles. The summed E-state index contributed by atoms with van der Waals surface area (Å²) in [5.41, 5.74) is 0.882. The van der Waals surface area contributed by atoms with Gasteiger partial charge in [0.2, 0.25) is 17.6 Å². The zero-order valence-electron chi connectivity index (χ0n) is 10.9. The van der Waals surface area contributed by atoms with Gasteiger partial charge in [-0.1, -0.05) is 35.5 Å². The van der Waals surface area contributed by atoms with Gasteiger partial charge in [-0.3, -0.25) is 4.79 Å². The number of benzene rings is 1. The Bertz CT molecular complexity index is 576. The van der Waals surface area contributed by atoms with Gasteiger partial charge in [0.15, 0.2) is 0 Å². The Balaban J connectivity index is 1.59. The SMILES string of the molecule is O=C(NCc1nc(-c2ccccc2)no1)C1CCCO1. The van der Waals surface area contributed by atoms with Gasteiger partial charge in [-0.25, -0.2) is 0 Å². The van der Waals surface area contributed by atoms with Crippen molar-refractivity contribution in [3.63, 3.8) is 0 Å². The molecule has 1 aliphatic heterocycles. The van der Waals surface area contributed by atoms with E-state index in [1.807, 2.05) is 30.3 Å². The first kappa shape index (κ1) is 12.8. The lowest BCUT2D eigenvalue weighted by Crippen LogP contribution is -2.33. The van der Waals surface area contributed by atoms with E-state index in [9.17, 15) is 4.79 Å². The Labute approximate surface area is 116 Å². The summed E-state index contributed by atoms with van der Waals surface area (Å²) in [6.45, 7) is 0.870. The van der Waals surface area contributed by atoms with Crippen molar-refractivity contribution in [1.82, 2.24) is 15.5 Å². The fourth-order valence-corrected chi connectivity index (χ4v) is 2.09. The molecule has 0 saturated carbocycles. The molecule has 1 amide bonds. The molecule has 20 heavy (non-hydrogen) atoms. The third kappa shape index (κ3) is 2.85. The van der Waals surface area contributed by atoms with Gasteiger partial charge in [0.25, 0.3) is 0 Å². The molecule has 6 nitrogen and oxygen atoms in total. The number of hydrogen-bond acceptors (Lipinski definition) is 5. The van der Waals surface area contributed by atoms with Crippen molar-refractivity contribution >= 4 is 5.91 Å². The smallest absolute Gasteiger partial charge is 0.249 e. The summed E-state index contributed by atoms with van der Waals surface area (Å²) in [4.78, 5) is 16.0. The molecule has 104 valence electrons. The van der Waals surface area contributed by atoms with E-state index >= 15 is 0 Å². The molecule has 0 aliphatic carbocycles. The van der Waals surface area contributed by atoms with Crippen molar-refractivity contribution in [2.75, 3.05) is 6.61 Å². The van der Waals surface area contributed by atoms with Crippen LogP contribution in [-0.4, -0.2) is 28.8 Å². The van der Waals surface area contributed by atoms with Gasteiger partial charge in [0.05, 0.1) is 6.54 Å². The minimum Gasteiger partial charge on any atom is -0.368 e. The molecule has 1 N–H and O–H groups in total. The summed E-state index contributed by atoms with van der Waals surface area (Å²) in [7, 11) is 0. The summed E-state index contributed by atoms with van der Waals surface area (Å²) in [6, 6.07) is 9.54. The van der Waals surface area contributed by atoms with Crippen LogP contribution in [0.1, 0.15) is 18.7 Å². The highest BCUT2D eigenvalue weighted by Gasteiger charge is 2.23. The number of hydrogen-bond donors (Lipinski definition) is 1. The quantitative estimate of drug-likeness (QED) is 0.914. The van der Waals surface area contributed by atoms with Gasteiger partial charge in [0, 0.05) is 12.2 Å². The number of nitrogens with one attached hydrogen (secondary N) is 1. The van der Waals surface area contributed by atoms with E-state index in [0.717, 1.165) is 18.4 Å². The second kappa shape index (κ2) is 5.83. The molecule has 1 aliphatic rings. The lowest BCUT2D eigenvalue weighted by atomic mass is 10.2. The monoisotopic (exact) mass is 273 g/mol. The molecule has 3 rings (SSSR count). The first-order valence-electron chi connectivity index (χ1n) is 6.60. The largest absolute Gasteiger partial charge is 0.368 e. The highest BCUT2D eigenvalue weighted by Crippen LogP contribution is 2.15. The van der Waals surface area contributed by atoms with Crippen molar-refractivity contribution in [2.24, 2.45) is 0 Å². The maximum absolute atomic E-state index is 11.8. The lowest BCUT2D eigenvalue weighted by molar-refractivity contribution is -0.130. The third-order valence-electron chi connectivity index (χ3n) is 3.14. The van der Waals surface area contributed by atoms with E-state index in [4.69, 9.17) is 9.26 Å². The Morgan fingerprint density at radius 2 is 2.20 bits per heavy atom. The summed E-state index contributed by atoms with van der Waals surface area (Å²) >= 11 is 0. The van der Waals surface area contributed by atoms with Gasteiger partial charge in [0.1, 0.15) is 6.10 Å². The molecule has 1 fully saturated rings. The zero-order valence-corrected chi connectivity index (χ0v) is 10.9. The van der Waals surface area contributed by atoms with Crippen LogP contribution in [0.25, 0.3) is 11.4 Å². The van der Waals surface area contributed by atoms with Crippen LogP contribution in [0.3, 0.4) is 0 Å².